The lowest BCUT2D eigenvalue weighted by atomic mass is 10.1. The third-order valence-corrected chi connectivity index (χ3v) is 3.59. The molecular weight excluding hydrogens is 282 g/mol. The van der Waals surface area contributed by atoms with Crippen LogP contribution in [0, 0.1) is 0 Å². The molecule has 0 aromatic carbocycles. The summed E-state index contributed by atoms with van der Waals surface area (Å²) in [7, 11) is 0. The van der Waals surface area contributed by atoms with Gasteiger partial charge < -0.3 is 20.3 Å². The summed E-state index contributed by atoms with van der Waals surface area (Å²) in [6.07, 6.45) is 2.62. The molecule has 3 rings (SSSR count). The third-order valence-electron chi connectivity index (χ3n) is 3.42. The van der Waals surface area contributed by atoms with E-state index in [4.69, 9.17) is 16.7 Å². The fourth-order valence-corrected chi connectivity index (χ4v) is 2.66. The monoisotopic (exact) mass is 295 g/mol. The van der Waals surface area contributed by atoms with Crippen LogP contribution in [0.5, 0.6) is 0 Å². The van der Waals surface area contributed by atoms with Gasteiger partial charge in [-0.2, -0.15) is 4.98 Å². The van der Waals surface area contributed by atoms with Gasteiger partial charge in [0.25, 0.3) is 0 Å². The first-order valence-electron chi connectivity index (χ1n) is 6.38. The fraction of sp³-hybridized carbons (Fsp3) is 0.417. The highest BCUT2D eigenvalue weighted by atomic mass is 35.5. The lowest BCUT2D eigenvalue weighted by molar-refractivity contribution is 0.133. The summed E-state index contributed by atoms with van der Waals surface area (Å²) in [6, 6.07) is 1.90. The quantitative estimate of drug-likeness (QED) is 0.738. The molecule has 8 heteroatoms. The second-order valence-electron chi connectivity index (χ2n) is 4.79. The molecule has 0 aliphatic carbocycles. The van der Waals surface area contributed by atoms with E-state index in [9.17, 15) is 4.79 Å². The molecule has 1 fully saturated rings. The van der Waals surface area contributed by atoms with Crippen molar-refractivity contribution in [2.24, 2.45) is 0 Å². The van der Waals surface area contributed by atoms with Gasteiger partial charge in [0.2, 0.25) is 5.28 Å². The zero-order chi connectivity index (χ0) is 14.1. The number of hydrogen-bond acceptors (Lipinski definition) is 4. The molecule has 0 bridgehead atoms. The van der Waals surface area contributed by atoms with E-state index in [0.717, 1.165) is 18.2 Å². The van der Waals surface area contributed by atoms with E-state index in [2.05, 4.69) is 20.3 Å². The highest BCUT2D eigenvalue weighted by Gasteiger charge is 2.24. The van der Waals surface area contributed by atoms with E-state index < -0.39 is 6.09 Å². The smallest absolute Gasteiger partial charge is 0.407 e. The number of fused-ring (bicyclic) bond motifs is 1. The number of piperidine rings is 1. The Morgan fingerprint density at radius 1 is 1.55 bits per heavy atom. The van der Waals surface area contributed by atoms with Crippen LogP contribution < -0.4 is 5.32 Å². The molecule has 1 saturated heterocycles. The Hall–Kier alpha value is -2.02. The van der Waals surface area contributed by atoms with Crippen LogP contribution in [0.15, 0.2) is 12.3 Å². The van der Waals surface area contributed by atoms with Gasteiger partial charge in [0.05, 0.1) is 5.39 Å². The predicted molar refractivity (Wildman–Crippen MR) is 75.1 cm³/mol. The molecule has 7 nitrogen and oxygen atoms in total. The second kappa shape index (κ2) is 5.16. The summed E-state index contributed by atoms with van der Waals surface area (Å²) in [5.41, 5.74) is 0.665. The molecule has 1 amide bonds. The van der Waals surface area contributed by atoms with E-state index in [-0.39, 0.29) is 11.3 Å². The van der Waals surface area contributed by atoms with Crippen molar-refractivity contribution in [3.8, 4) is 0 Å². The van der Waals surface area contributed by atoms with Gasteiger partial charge >= 0.3 is 6.09 Å². The van der Waals surface area contributed by atoms with Crippen molar-refractivity contribution in [3.05, 3.63) is 17.5 Å². The van der Waals surface area contributed by atoms with Crippen molar-refractivity contribution < 1.29 is 9.90 Å². The van der Waals surface area contributed by atoms with Crippen LogP contribution in [0.1, 0.15) is 12.8 Å². The molecule has 20 heavy (non-hydrogen) atoms. The molecule has 0 saturated carbocycles. The number of amides is 1. The number of H-pyrrole nitrogens is 1. The Kier molecular flexibility index (Phi) is 3.35. The topological polar surface area (TPSA) is 94.1 Å². The van der Waals surface area contributed by atoms with E-state index in [0.29, 0.717) is 24.6 Å². The maximum absolute atomic E-state index is 11.0. The van der Waals surface area contributed by atoms with Crippen molar-refractivity contribution >= 4 is 34.5 Å². The zero-order valence-electron chi connectivity index (χ0n) is 10.6. The van der Waals surface area contributed by atoms with Gasteiger partial charge in [-0.3, -0.25) is 0 Å². The highest BCUT2D eigenvalue weighted by Crippen LogP contribution is 2.23. The van der Waals surface area contributed by atoms with Gasteiger partial charge in [-0.15, -0.1) is 0 Å². The standard InChI is InChI=1S/C12H14ClN5O2/c13-11-16-9-8(3-4-14-9)10(17-11)15-7-2-1-5-18(6-7)12(19)20/h3-4,7H,1-2,5-6H2,(H,19,20)(H2,14,15,16,17)/t7-/m1/s1. The summed E-state index contributed by atoms with van der Waals surface area (Å²) in [4.78, 5) is 23.7. The van der Waals surface area contributed by atoms with Crippen molar-refractivity contribution in [3.63, 3.8) is 0 Å². The normalized spacial score (nSPS) is 19.2. The molecule has 1 aliphatic heterocycles. The molecule has 0 unspecified atom stereocenters. The Morgan fingerprint density at radius 2 is 2.40 bits per heavy atom. The van der Waals surface area contributed by atoms with Crippen LogP contribution in [-0.4, -0.2) is 50.2 Å². The second-order valence-corrected chi connectivity index (χ2v) is 5.13. The summed E-state index contributed by atoms with van der Waals surface area (Å²) >= 11 is 5.89. The largest absolute Gasteiger partial charge is 0.465 e. The van der Waals surface area contributed by atoms with Crippen LogP contribution in [0.25, 0.3) is 11.0 Å². The Balaban J connectivity index is 1.82. The minimum Gasteiger partial charge on any atom is -0.465 e. The first-order valence-corrected chi connectivity index (χ1v) is 6.76. The van der Waals surface area contributed by atoms with E-state index in [1.807, 2.05) is 6.07 Å². The molecule has 1 atom stereocenters. The molecule has 3 N–H and O–H groups in total. The summed E-state index contributed by atoms with van der Waals surface area (Å²) in [6.45, 7) is 1.03. The maximum atomic E-state index is 11.0. The lowest BCUT2D eigenvalue weighted by Gasteiger charge is -2.31. The molecule has 0 spiro atoms. The summed E-state index contributed by atoms with van der Waals surface area (Å²) in [5.74, 6) is 0.637. The van der Waals surface area contributed by atoms with E-state index in [1.165, 1.54) is 4.90 Å². The van der Waals surface area contributed by atoms with Gasteiger partial charge in [-0.05, 0) is 30.5 Å². The number of hydrogen-bond donors (Lipinski definition) is 3. The van der Waals surface area contributed by atoms with Crippen LogP contribution in [0.3, 0.4) is 0 Å². The molecule has 3 heterocycles. The van der Waals surface area contributed by atoms with Gasteiger partial charge in [0.15, 0.2) is 0 Å². The number of rotatable bonds is 2. The molecule has 1 aliphatic rings. The van der Waals surface area contributed by atoms with Gasteiger partial charge in [-0.1, -0.05) is 0 Å². The number of aromatic amines is 1. The first-order chi connectivity index (χ1) is 9.63. The number of nitrogens with one attached hydrogen (secondary N) is 2. The summed E-state index contributed by atoms with van der Waals surface area (Å²) < 4.78 is 0. The number of likely N-dealkylation sites (tertiary alicyclic amines) is 1. The number of anilines is 1. The molecule has 0 radical (unpaired) electrons. The lowest BCUT2D eigenvalue weighted by Crippen LogP contribution is -2.44. The first kappa shape index (κ1) is 13.0. The van der Waals surface area contributed by atoms with Crippen molar-refractivity contribution in [1.82, 2.24) is 19.9 Å². The van der Waals surface area contributed by atoms with E-state index in [1.54, 1.807) is 6.20 Å². The summed E-state index contributed by atoms with van der Waals surface area (Å²) in [5, 5.41) is 13.3. The maximum Gasteiger partial charge on any atom is 0.407 e. The number of halogens is 1. The van der Waals surface area contributed by atoms with Gasteiger partial charge in [-0.25, -0.2) is 9.78 Å². The van der Waals surface area contributed by atoms with Crippen LogP contribution in [0.2, 0.25) is 5.28 Å². The Bertz CT molecular complexity index is 644. The predicted octanol–water partition coefficient (Wildman–Crippen LogP) is 2.17. The molecular formula is C12H14ClN5O2. The molecule has 2 aromatic rings. The minimum atomic E-state index is -0.885. The highest BCUT2D eigenvalue weighted by molar-refractivity contribution is 6.28. The van der Waals surface area contributed by atoms with Crippen LogP contribution >= 0.6 is 11.6 Å². The van der Waals surface area contributed by atoms with Crippen LogP contribution in [-0.2, 0) is 0 Å². The van der Waals surface area contributed by atoms with Crippen molar-refractivity contribution in [2.75, 3.05) is 18.4 Å². The van der Waals surface area contributed by atoms with Gasteiger partial charge in [0, 0.05) is 25.3 Å². The fourth-order valence-electron chi connectivity index (χ4n) is 2.49. The Labute approximate surface area is 120 Å². The average molecular weight is 296 g/mol. The SMILES string of the molecule is O=C(O)N1CCC[C@@H](Nc2nc(Cl)nc3[nH]ccc23)C1. The molecule has 2 aromatic heterocycles. The number of carbonyl (C=O) groups is 1. The zero-order valence-corrected chi connectivity index (χ0v) is 11.4. The number of nitrogens with zero attached hydrogens (tertiary/aromatic N) is 3. The number of carboxylic acid groups (broad SMARTS) is 1. The van der Waals surface area contributed by atoms with Crippen LogP contribution in [0.4, 0.5) is 10.6 Å². The molecule has 106 valence electrons. The Morgan fingerprint density at radius 3 is 3.20 bits per heavy atom. The third kappa shape index (κ3) is 2.49. The van der Waals surface area contributed by atoms with E-state index >= 15 is 0 Å². The average Bonchev–Trinajstić information content (AvgIpc) is 2.87. The number of aromatic nitrogens is 3. The van der Waals surface area contributed by atoms with Crippen molar-refractivity contribution in [1.29, 1.82) is 0 Å². The minimum absolute atomic E-state index is 0.0314. The van der Waals surface area contributed by atoms with Gasteiger partial charge in [0.1, 0.15) is 11.5 Å². The van der Waals surface area contributed by atoms with Crippen molar-refractivity contribution in [2.45, 2.75) is 18.9 Å².